The number of likely N-dealkylation sites (N-methyl/N-ethyl adjacent to an activating group) is 1. The Hall–Kier alpha value is -2.09. The van der Waals surface area contributed by atoms with Crippen molar-refractivity contribution in [3.8, 4) is 0 Å². The van der Waals surface area contributed by atoms with Crippen LogP contribution in [0, 0.1) is 11.3 Å². The molecule has 1 aliphatic rings. The Morgan fingerprint density at radius 3 is 2.32 bits per heavy atom. The lowest BCUT2D eigenvalue weighted by atomic mass is 9.75. The molecule has 0 bridgehead atoms. The van der Waals surface area contributed by atoms with Gasteiger partial charge in [0.05, 0.1) is 19.1 Å². The van der Waals surface area contributed by atoms with Crippen LogP contribution in [0.15, 0.2) is 12.7 Å². The number of morpholine rings is 1. The van der Waals surface area contributed by atoms with Gasteiger partial charge in [0.25, 0.3) is 0 Å². The number of carboxylic acids is 1. The second-order valence-electron chi connectivity index (χ2n) is 7.04. The quantitative estimate of drug-likeness (QED) is 0.719. The van der Waals surface area contributed by atoms with Crippen LogP contribution in [-0.2, 0) is 19.1 Å². The number of nitrogens with zero attached hydrogens (tertiary/aromatic N) is 2. The maximum atomic E-state index is 13.0. The first-order valence-electron chi connectivity index (χ1n) is 8.21. The summed E-state index contributed by atoms with van der Waals surface area (Å²) in [4.78, 5) is 39.8. The molecule has 2 unspecified atom stereocenters. The Balaban J connectivity index is 3.19. The summed E-state index contributed by atoms with van der Waals surface area (Å²) in [5, 5.41) is 9.74. The van der Waals surface area contributed by atoms with E-state index >= 15 is 0 Å². The maximum Gasteiger partial charge on any atom is 0.410 e. The lowest BCUT2D eigenvalue weighted by molar-refractivity contribution is -0.157. The smallest absolute Gasteiger partial charge is 0.410 e. The van der Waals surface area contributed by atoms with Crippen molar-refractivity contribution in [2.45, 2.75) is 26.8 Å². The molecule has 1 heterocycles. The highest BCUT2D eigenvalue weighted by Crippen LogP contribution is 2.32. The zero-order chi connectivity index (χ0) is 19.2. The number of carbonyl (C=O) groups is 3. The van der Waals surface area contributed by atoms with Gasteiger partial charge >= 0.3 is 12.1 Å². The van der Waals surface area contributed by atoms with E-state index in [9.17, 15) is 19.5 Å². The molecule has 25 heavy (non-hydrogen) atoms. The highest BCUT2D eigenvalue weighted by molar-refractivity contribution is 5.91. The lowest BCUT2D eigenvalue weighted by Crippen LogP contribution is -2.59. The van der Waals surface area contributed by atoms with Crippen LogP contribution in [0.25, 0.3) is 0 Å². The van der Waals surface area contributed by atoms with Gasteiger partial charge in [-0.15, -0.1) is 0 Å². The molecule has 1 saturated heterocycles. The maximum absolute atomic E-state index is 13.0. The number of amides is 2. The molecule has 142 valence electrons. The second kappa shape index (κ2) is 8.84. The second-order valence-corrected chi connectivity index (χ2v) is 7.04. The SMILES string of the molecule is C=CCOC(=O)N(C)C(C(=O)N1CCOCC1)C(C(=O)O)C(C)(C)C. The van der Waals surface area contributed by atoms with Gasteiger partial charge in [-0.1, -0.05) is 33.4 Å². The minimum Gasteiger partial charge on any atom is -0.481 e. The zero-order valence-electron chi connectivity index (χ0n) is 15.4. The third-order valence-corrected chi connectivity index (χ3v) is 4.12. The fraction of sp³-hybridized carbons (Fsp3) is 0.706. The van der Waals surface area contributed by atoms with Crippen LogP contribution in [0.4, 0.5) is 4.79 Å². The molecule has 2 atom stereocenters. The fourth-order valence-corrected chi connectivity index (χ4v) is 2.83. The van der Waals surface area contributed by atoms with Crippen molar-refractivity contribution >= 4 is 18.0 Å². The third-order valence-electron chi connectivity index (χ3n) is 4.12. The van der Waals surface area contributed by atoms with Gasteiger partial charge in [-0.25, -0.2) is 4.79 Å². The molecule has 0 aromatic heterocycles. The molecule has 0 aromatic rings. The first-order valence-corrected chi connectivity index (χ1v) is 8.21. The molecular formula is C17H28N2O6. The van der Waals surface area contributed by atoms with E-state index in [1.807, 2.05) is 0 Å². The molecule has 0 spiro atoms. The van der Waals surface area contributed by atoms with Crippen molar-refractivity contribution in [1.29, 1.82) is 0 Å². The molecule has 0 radical (unpaired) electrons. The Morgan fingerprint density at radius 1 is 1.32 bits per heavy atom. The van der Waals surface area contributed by atoms with E-state index in [1.54, 1.807) is 20.8 Å². The van der Waals surface area contributed by atoms with Gasteiger partial charge in [-0.05, 0) is 5.41 Å². The molecule has 1 aliphatic heterocycles. The summed E-state index contributed by atoms with van der Waals surface area (Å²) in [6, 6.07) is -1.17. The van der Waals surface area contributed by atoms with Gasteiger partial charge < -0.3 is 19.5 Å². The average Bonchev–Trinajstić information content (AvgIpc) is 2.55. The van der Waals surface area contributed by atoms with Gasteiger partial charge in [0.2, 0.25) is 5.91 Å². The summed E-state index contributed by atoms with van der Waals surface area (Å²) in [6.45, 7) is 10.1. The molecule has 0 aliphatic carbocycles. The Morgan fingerprint density at radius 2 is 1.88 bits per heavy atom. The number of hydrogen-bond donors (Lipinski definition) is 1. The molecular weight excluding hydrogens is 328 g/mol. The highest BCUT2D eigenvalue weighted by atomic mass is 16.6. The van der Waals surface area contributed by atoms with E-state index < -0.39 is 35.3 Å². The van der Waals surface area contributed by atoms with E-state index in [-0.39, 0.29) is 6.61 Å². The largest absolute Gasteiger partial charge is 0.481 e. The Labute approximate surface area is 148 Å². The van der Waals surface area contributed by atoms with Crippen molar-refractivity contribution in [2.75, 3.05) is 40.0 Å². The minimum absolute atomic E-state index is 0.0190. The summed E-state index contributed by atoms with van der Waals surface area (Å²) in [5.41, 5.74) is -0.745. The van der Waals surface area contributed by atoms with Crippen LogP contribution in [0.1, 0.15) is 20.8 Å². The molecule has 1 N–H and O–H groups in total. The first-order chi connectivity index (χ1) is 11.6. The number of carboxylic acid groups (broad SMARTS) is 1. The third kappa shape index (κ3) is 5.45. The van der Waals surface area contributed by atoms with Gasteiger partial charge in [0.1, 0.15) is 12.6 Å². The standard InChI is InChI=1S/C17H28N2O6/c1-6-9-25-16(23)18(5)13(12(15(21)22)17(2,3)4)14(20)19-7-10-24-11-8-19/h6,12-13H,1,7-11H2,2-5H3,(H,21,22). The van der Waals surface area contributed by atoms with Crippen LogP contribution in [0.3, 0.4) is 0 Å². The summed E-state index contributed by atoms with van der Waals surface area (Å²) in [5.74, 6) is -2.64. The highest BCUT2D eigenvalue weighted by Gasteiger charge is 2.47. The minimum atomic E-state index is -1.17. The van der Waals surface area contributed by atoms with Gasteiger partial charge in [-0.2, -0.15) is 0 Å². The normalized spacial score (nSPS) is 17.4. The zero-order valence-corrected chi connectivity index (χ0v) is 15.4. The predicted molar refractivity (Wildman–Crippen MR) is 91.1 cm³/mol. The van der Waals surface area contributed by atoms with Crippen molar-refractivity contribution in [3.63, 3.8) is 0 Å². The van der Waals surface area contributed by atoms with Crippen LogP contribution in [-0.4, -0.2) is 78.9 Å². The molecule has 1 rings (SSSR count). The van der Waals surface area contributed by atoms with E-state index in [0.29, 0.717) is 26.3 Å². The van der Waals surface area contributed by atoms with E-state index in [1.165, 1.54) is 18.0 Å². The van der Waals surface area contributed by atoms with Crippen LogP contribution >= 0.6 is 0 Å². The number of hydrogen-bond acceptors (Lipinski definition) is 5. The van der Waals surface area contributed by atoms with Crippen molar-refractivity contribution < 1.29 is 29.0 Å². The Bertz CT molecular complexity index is 508. The lowest BCUT2D eigenvalue weighted by Gasteiger charge is -2.40. The number of ether oxygens (including phenoxy) is 2. The molecule has 1 fully saturated rings. The molecule has 0 aromatic carbocycles. The first kappa shape index (κ1) is 21.0. The van der Waals surface area contributed by atoms with Crippen molar-refractivity contribution in [2.24, 2.45) is 11.3 Å². The topological polar surface area (TPSA) is 96.4 Å². The van der Waals surface area contributed by atoms with E-state index in [2.05, 4.69) is 6.58 Å². The van der Waals surface area contributed by atoms with E-state index in [0.717, 1.165) is 4.90 Å². The van der Waals surface area contributed by atoms with Crippen LogP contribution in [0.5, 0.6) is 0 Å². The molecule has 8 heteroatoms. The molecule has 2 amide bonds. The molecule has 8 nitrogen and oxygen atoms in total. The Kier molecular flexibility index (Phi) is 7.41. The van der Waals surface area contributed by atoms with Gasteiger partial charge in [0, 0.05) is 20.1 Å². The number of carbonyl (C=O) groups excluding carboxylic acids is 2. The number of rotatable bonds is 6. The average molecular weight is 356 g/mol. The molecule has 0 saturated carbocycles. The summed E-state index contributed by atoms with van der Waals surface area (Å²) in [7, 11) is 1.39. The van der Waals surface area contributed by atoms with Crippen molar-refractivity contribution in [3.05, 3.63) is 12.7 Å². The summed E-state index contributed by atoms with van der Waals surface area (Å²) >= 11 is 0. The predicted octanol–water partition coefficient (Wildman–Crippen LogP) is 1.22. The number of aliphatic carboxylic acids is 1. The van der Waals surface area contributed by atoms with E-state index in [4.69, 9.17) is 9.47 Å². The van der Waals surface area contributed by atoms with Crippen LogP contribution in [0.2, 0.25) is 0 Å². The van der Waals surface area contributed by atoms with Crippen LogP contribution < -0.4 is 0 Å². The fourth-order valence-electron chi connectivity index (χ4n) is 2.83. The summed E-state index contributed by atoms with van der Waals surface area (Å²) in [6.07, 6.45) is 0.644. The summed E-state index contributed by atoms with van der Waals surface area (Å²) < 4.78 is 10.2. The van der Waals surface area contributed by atoms with Gasteiger partial charge in [-0.3, -0.25) is 14.5 Å². The van der Waals surface area contributed by atoms with Gasteiger partial charge in [0.15, 0.2) is 0 Å². The van der Waals surface area contributed by atoms with Crippen molar-refractivity contribution in [1.82, 2.24) is 9.80 Å². The monoisotopic (exact) mass is 356 g/mol.